The molecule has 0 aliphatic carbocycles. The van der Waals surface area contributed by atoms with Gasteiger partial charge in [0.05, 0.1) is 5.70 Å². The fourth-order valence-corrected chi connectivity index (χ4v) is 3.11. The van der Waals surface area contributed by atoms with Crippen LogP contribution in [0.2, 0.25) is 0 Å². The SMILES string of the molecule is NC1=C2C=CC=C3C=CC=C(N32)N1C1CCC(=O)NC1=O. The number of imide groups is 1. The number of carbonyl (C=O) groups is 2. The molecule has 3 N–H and O–H groups in total. The van der Waals surface area contributed by atoms with E-state index in [0.717, 1.165) is 17.2 Å². The summed E-state index contributed by atoms with van der Waals surface area (Å²) in [6, 6.07) is -0.451. The summed E-state index contributed by atoms with van der Waals surface area (Å²) >= 11 is 0. The Bertz CT molecular complexity index is 711. The number of carbonyl (C=O) groups excluding carboxylic acids is 2. The summed E-state index contributed by atoms with van der Waals surface area (Å²) in [5, 5.41) is 2.39. The van der Waals surface area contributed by atoms with Crippen molar-refractivity contribution < 1.29 is 9.59 Å². The molecule has 0 bridgehead atoms. The smallest absolute Gasteiger partial charge is 0.249 e. The highest BCUT2D eigenvalue weighted by Gasteiger charge is 2.42. The normalized spacial score (nSPS) is 26.8. The molecule has 0 aromatic heterocycles. The van der Waals surface area contributed by atoms with Gasteiger partial charge in [0.25, 0.3) is 0 Å². The third-order valence-corrected chi connectivity index (χ3v) is 4.05. The maximum atomic E-state index is 12.2. The quantitative estimate of drug-likeness (QED) is 0.681. The van der Waals surface area contributed by atoms with E-state index in [1.165, 1.54) is 0 Å². The Morgan fingerprint density at radius 1 is 1.19 bits per heavy atom. The van der Waals surface area contributed by atoms with Crippen molar-refractivity contribution in [3.8, 4) is 0 Å². The van der Waals surface area contributed by atoms with Crippen LogP contribution in [0.4, 0.5) is 0 Å². The topological polar surface area (TPSA) is 78.7 Å². The average Bonchev–Trinajstić information content (AvgIpc) is 2.75. The minimum Gasteiger partial charge on any atom is -0.383 e. The second kappa shape index (κ2) is 4.12. The highest BCUT2D eigenvalue weighted by atomic mass is 16.2. The molecule has 6 heteroatoms. The van der Waals surface area contributed by atoms with Crippen LogP contribution in [0.1, 0.15) is 12.8 Å². The van der Waals surface area contributed by atoms with Gasteiger partial charge in [-0.2, -0.15) is 0 Å². The van der Waals surface area contributed by atoms with E-state index in [4.69, 9.17) is 5.73 Å². The van der Waals surface area contributed by atoms with Crippen molar-refractivity contribution in [2.24, 2.45) is 5.73 Å². The maximum Gasteiger partial charge on any atom is 0.249 e. The zero-order valence-electron chi connectivity index (χ0n) is 11.2. The lowest BCUT2D eigenvalue weighted by molar-refractivity contribution is -0.136. The summed E-state index contributed by atoms with van der Waals surface area (Å²) in [7, 11) is 0. The van der Waals surface area contributed by atoms with Crippen LogP contribution in [0.15, 0.2) is 59.5 Å². The van der Waals surface area contributed by atoms with Crippen molar-refractivity contribution in [2.45, 2.75) is 18.9 Å². The van der Waals surface area contributed by atoms with Crippen LogP contribution >= 0.6 is 0 Å². The molecule has 4 heterocycles. The van der Waals surface area contributed by atoms with Gasteiger partial charge < -0.3 is 5.73 Å². The van der Waals surface area contributed by atoms with Gasteiger partial charge in [0, 0.05) is 12.1 Å². The highest BCUT2D eigenvalue weighted by molar-refractivity contribution is 6.00. The van der Waals surface area contributed by atoms with Gasteiger partial charge in [0.1, 0.15) is 17.7 Å². The van der Waals surface area contributed by atoms with Crippen molar-refractivity contribution >= 4 is 11.8 Å². The van der Waals surface area contributed by atoms with E-state index in [9.17, 15) is 9.59 Å². The molecule has 6 nitrogen and oxygen atoms in total. The van der Waals surface area contributed by atoms with Crippen molar-refractivity contribution in [2.75, 3.05) is 0 Å². The number of amides is 2. The molecule has 21 heavy (non-hydrogen) atoms. The molecule has 4 aliphatic rings. The fraction of sp³-hybridized carbons (Fsp3) is 0.200. The van der Waals surface area contributed by atoms with Crippen molar-refractivity contribution in [1.82, 2.24) is 15.1 Å². The summed E-state index contributed by atoms with van der Waals surface area (Å²) in [4.78, 5) is 27.3. The van der Waals surface area contributed by atoms with Gasteiger partial charge in [0.2, 0.25) is 11.8 Å². The third-order valence-electron chi connectivity index (χ3n) is 4.05. The first-order valence-electron chi connectivity index (χ1n) is 6.86. The van der Waals surface area contributed by atoms with Gasteiger partial charge in [-0.15, -0.1) is 0 Å². The highest BCUT2D eigenvalue weighted by Crippen LogP contribution is 2.40. The zero-order chi connectivity index (χ0) is 14.6. The molecular weight excluding hydrogens is 268 g/mol. The summed E-state index contributed by atoms with van der Waals surface area (Å²) in [6.45, 7) is 0. The molecule has 2 amide bonds. The molecular formula is C15H14N4O2. The van der Waals surface area contributed by atoms with Crippen LogP contribution < -0.4 is 11.1 Å². The lowest BCUT2D eigenvalue weighted by Crippen LogP contribution is -2.52. The van der Waals surface area contributed by atoms with Crippen LogP contribution in [-0.2, 0) is 9.59 Å². The fourth-order valence-electron chi connectivity index (χ4n) is 3.11. The van der Waals surface area contributed by atoms with Crippen molar-refractivity contribution in [3.63, 3.8) is 0 Å². The number of rotatable bonds is 1. The van der Waals surface area contributed by atoms with Crippen LogP contribution in [0, 0.1) is 0 Å². The first-order valence-corrected chi connectivity index (χ1v) is 6.86. The third kappa shape index (κ3) is 1.59. The predicted octanol–water partition coefficient (Wildman–Crippen LogP) is 0.402. The van der Waals surface area contributed by atoms with Crippen LogP contribution in [-0.4, -0.2) is 27.7 Å². The van der Waals surface area contributed by atoms with Gasteiger partial charge in [-0.1, -0.05) is 12.2 Å². The summed E-state index contributed by atoms with van der Waals surface area (Å²) in [5.74, 6) is 0.883. The molecule has 0 aromatic carbocycles. The number of nitrogens with two attached hydrogens (primary N) is 1. The van der Waals surface area contributed by atoms with Crippen molar-refractivity contribution in [1.29, 1.82) is 0 Å². The number of nitrogens with one attached hydrogen (secondary N) is 1. The summed E-state index contributed by atoms with van der Waals surface area (Å²) in [6.07, 6.45) is 12.5. The Labute approximate surface area is 121 Å². The van der Waals surface area contributed by atoms with Crippen LogP contribution in [0.25, 0.3) is 0 Å². The molecule has 0 aromatic rings. The second-order valence-corrected chi connectivity index (χ2v) is 5.28. The first kappa shape index (κ1) is 12.0. The minimum atomic E-state index is -0.451. The molecule has 4 aliphatic heterocycles. The largest absolute Gasteiger partial charge is 0.383 e. The zero-order valence-corrected chi connectivity index (χ0v) is 11.2. The van der Waals surface area contributed by atoms with E-state index in [1.54, 1.807) is 0 Å². The monoisotopic (exact) mass is 282 g/mol. The molecule has 4 rings (SSSR count). The molecule has 1 saturated heterocycles. The number of piperidine rings is 1. The lowest BCUT2D eigenvalue weighted by Gasteiger charge is -2.35. The van der Waals surface area contributed by atoms with E-state index in [0.29, 0.717) is 18.7 Å². The van der Waals surface area contributed by atoms with E-state index in [1.807, 2.05) is 46.3 Å². The number of hydrogen-bond acceptors (Lipinski definition) is 5. The number of nitrogens with zero attached hydrogens (tertiary/aromatic N) is 2. The summed E-state index contributed by atoms with van der Waals surface area (Å²) < 4.78 is 0. The molecule has 1 atom stereocenters. The van der Waals surface area contributed by atoms with Gasteiger partial charge in [-0.3, -0.25) is 24.7 Å². The van der Waals surface area contributed by atoms with Gasteiger partial charge in [-0.25, -0.2) is 0 Å². The molecule has 0 radical (unpaired) electrons. The molecule has 1 unspecified atom stereocenters. The standard InChI is InChI=1S/C15H14N4O2/c16-14-10-5-1-3-9-4-2-6-13(18(9)10)19(14)11-7-8-12(20)17-15(11)21/h1-6,11H,7-8,16H2,(H,17,20,21). The Balaban J connectivity index is 1.78. The van der Waals surface area contributed by atoms with Gasteiger partial charge in [-0.05, 0) is 30.7 Å². The first-order chi connectivity index (χ1) is 10.2. The average molecular weight is 282 g/mol. The van der Waals surface area contributed by atoms with E-state index < -0.39 is 6.04 Å². The number of hydrogen-bond donors (Lipinski definition) is 2. The van der Waals surface area contributed by atoms with E-state index >= 15 is 0 Å². The molecule has 106 valence electrons. The Morgan fingerprint density at radius 3 is 2.81 bits per heavy atom. The Morgan fingerprint density at radius 2 is 2.00 bits per heavy atom. The van der Waals surface area contributed by atoms with Gasteiger partial charge in [0.15, 0.2) is 0 Å². The maximum absolute atomic E-state index is 12.2. The Hall–Kier alpha value is -2.76. The van der Waals surface area contributed by atoms with Crippen LogP contribution in [0.3, 0.4) is 0 Å². The molecule has 0 saturated carbocycles. The lowest BCUT2D eigenvalue weighted by atomic mass is 10.0. The Kier molecular flexibility index (Phi) is 2.35. The summed E-state index contributed by atoms with van der Waals surface area (Å²) in [5.41, 5.74) is 8.15. The van der Waals surface area contributed by atoms with Crippen LogP contribution in [0.5, 0.6) is 0 Å². The van der Waals surface area contributed by atoms with E-state index in [-0.39, 0.29) is 11.8 Å². The number of allylic oxidation sites excluding steroid dienone is 6. The second-order valence-electron chi connectivity index (χ2n) is 5.28. The van der Waals surface area contributed by atoms with Gasteiger partial charge >= 0.3 is 0 Å². The minimum absolute atomic E-state index is 0.225. The van der Waals surface area contributed by atoms with Crippen molar-refractivity contribution in [3.05, 3.63) is 59.5 Å². The molecule has 1 fully saturated rings. The predicted molar refractivity (Wildman–Crippen MR) is 75.5 cm³/mol. The van der Waals surface area contributed by atoms with E-state index in [2.05, 4.69) is 5.32 Å². The molecule has 0 spiro atoms.